The fourth-order valence-electron chi connectivity index (χ4n) is 1.23. The average Bonchev–Trinajstić information content (AvgIpc) is 2.73. The maximum absolute atomic E-state index is 11.3. The van der Waals surface area contributed by atoms with Crippen molar-refractivity contribution in [2.75, 3.05) is 12.3 Å². The van der Waals surface area contributed by atoms with Crippen molar-refractivity contribution in [1.29, 1.82) is 0 Å². The fraction of sp³-hybridized carbons (Fsp3) is 0.429. The molecule has 2 rings (SSSR count). The van der Waals surface area contributed by atoms with E-state index in [1.807, 2.05) is 0 Å². The van der Waals surface area contributed by atoms with Crippen molar-refractivity contribution in [3.05, 3.63) is 11.1 Å². The first-order chi connectivity index (χ1) is 7.18. The van der Waals surface area contributed by atoms with Gasteiger partial charge in [-0.15, -0.1) is 0 Å². The van der Waals surface area contributed by atoms with Crippen molar-refractivity contribution in [3.63, 3.8) is 0 Å². The van der Waals surface area contributed by atoms with Gasteiger partial charge in [0.25, 0.3) is 5.24 Å². The van der Waals surface area contributed by atoms with Crippen LogP contribution in [0.5, 0.6) is 0 Å². The van der Waals surface area contributed by atoms with Crippen LogP contribution in [0.15, 0.2) is 6.33 Å². The van der Waals surface area contributed by atoms with Gasteiger partial charge in [0.1, 0.15) is 6.33 Å². The number of aromatic nitrogens is 3. The Kier molecular flexibility index (Phi) is 2.87. The van der Waals surface area contributed by atoms with E-state index < -0.39 is 0 Å². The minimum absolute atomic E-state index is 0.139. The quantitative estimate of drug-likeness (QED) is 0.790. The van der Waals surface area contributed by atoms with E-state index in [0.29, 0.717) is 17.9 Å². The number of carbonyl (C=O) groups is 2. The summed E-state index contributed by atoms with van der Waals surface area (Å²) in [4.78, 5) is 23.7. The van der Waals surface area contributed by atoms with E-state index >= 15 is 0 Å². The normalized spacial score (nSPS) is 16.4. The molecule has 0 saturated carbocycles. The van der Waals surface area contributed by atoms with Crippen LogP contribution >= 0.6 is 24.0 Å². The monoisotopic (exact) mass is 244 g/mol. The molecule has 1 saturated heterocycles. The van der Waals surface area contributed by atoms with Crippen molar-refractivity contribution >= 4 is 35.1 Å². The lowest BCUT2D eigenvalue weighted by atomic mass is 10.5. The summed E-state index contributed by atoms with van der Waals surface area (Å²) >= 11 is 5.97. The summed E-state index contributed by atoms with van der Waals surface area (Å²) < 4.78 is 2.17. The summed E-state index contributed by atoms with van der Waals surface area (Å²) in [6.07, 6.45) is 1.54. The second-order valence-electron chi connectivity index (χ2n) is 2.95. The molecule has 15 heavy (non-hydrogen) atoms. The highest BCUT2D eigenvalue weighted by atomic mass is 32.2. The van der Waals surface area contributed by atoms with E-state index in [1.165, 1.54) is 4.90 Å². The van der Waals surface area contributed by atoms with Gasteiger partial charge in [0.05, 0.1) is 5.75 Å². The lowest BCUT2D eigenvalue weighted by Gasteiger charge is -2.12. The molecule has 0 unspecified atom stereocenters. The number of aromatic amines is 1. The van der Waals surface area contributed by atoms with Crippen molar-refractivity contribution in [2.24, 2.45) is 0 Å². The van der Waals surface area contributed by atoms with Gasteiger partial charge in [-0.1, -0.05) is 11.8 Å². The molecular formula is C7H8N4O2S2. The van der Waals surface area contributed by atoms with Crippen molar-refractivity contribution in [3.8, 4) is 0 Å². The molecule has 0 radical (unpaired) electrons. The maximum atomic E-state index is 11.3. The molecule has 1 aromatic heterocycles. The van der Waals surface area contributed by atoms with E-state index in [4.69, 9.17) is 12.2 Å². The summed E-state index contributed by atoms with van der Waals surface area (Å²) in [7, 11) is 0. The van der Waals surface area contributed by atoms with Crippen LogP contribution in [-0.2, 0) is 11.3 Å². The van der Waals surface area contributed by atoms with Crippen LogP contribution in [0.25, 0.3) is 0 Å². The fourth-order valence-corrected chi connectivity index (χ4v) is 2.18. The zero-order valence-corrected chi connectivity index (χ0v) is 9.31. The molecule has 8 heteroatoms. The molecule has 1 aromatic rings. The molecule has 0 spiro atoms. The SMILES string of the molecule is O=C1CSC(=O)N1CCn1cn[nH]c1=S. The Morgan fingerprint density at radius 3 is 2.87 bits per heavy atom. The highest BCUT2D eigenvalue weighted by Gasteiger charge is 2.29. The van der Waals surface area contributed by atoms with E-state index in [9.17, 15) is 9.59 Å². The minimum atomic E-state index is -0.185. The topological polar surface area (TPSA) is 71.0 Å². The number of amides is 2. The second-order valence-corrected chi connectivity index (χ2v) is 4.27. The van der Waals surface area contributed by atoms with Crippen LogP contribution < -0.4 is 0 Å². The third-order valence-corrected chi connectivity index (χ3v) is 3.21. The van der Waals surface area contributed by atoms with Crippen LogP contribution in [0.4, 0.5) is 4.79 Å². The van der Waals surface area contributed by atoms with E-state index in [2.05, 4.69) is 10.2 Å². The first-order valence-electron chi connectivity index (χ1n) is 4.25. The maximum Gasteiger partial charge on any atom is 0.288 e. The van der Waals surface area contributed by atoms with Gasteiger partial charge in [0.15, 0.2) is 4.77 Å². The predicted molar refractivity (Wildman–Crippen MR) is 57.0 cm³/mol. The number of hydrogen-bond acceptors (Lipinski definition) is 5. The van der Waals surface area contributed by atoms with Gasteiger partial charge in [-0.3, -0.25) is 19.6 Å². The highest BCUT2D eigenvalue weighted by molar-refractivity contribution is 8.14. The van der Waals surface area contributed by atoms with Crippen LogP contribution in [-0.4, -0.2) is 43.1 Å². The van der Waals surface area contributed by atoms with Gasteiger partial charge in [-0.05, 0) is 12.2 Å². The van der Waals surface area contributed by atoms with Gasteiger partial charge < -0.3 is 4.57 Å². The number of hydrogen-bond donors (Lipinski definition) is 1. The molecule has 1 aliphatic heterocycles. The Labute approximate surface area is 94.6 Å². The Morgan fingerprint density at radius 1 is 1.53 bits per heavy atom. The molecule has 0 atom stereocenters. The van der Waals surface area contributed by atoms with Crippen molar-refractivity contribution in [1.82, 2.24) is 19.7 Å². The Morgan fingerprint density at radius 2 is 2.33 bits per heavy atom. The molecule has 6 nitrogen and oxygen atoms in total. The first-order valence-corrected chi connectivity index (χ1v) is 5.65. The lowest BCUT2D eigenvalue weighted by Crippen LogP contribution is -2.31. The van der Waals surface area contributed by atoms with Gasteiger partial charge >= 0.3 is 0 Å². The standard InChI is InChI=1S/C7H8N4O2S2/c12-5-3-15-7(13)11(5)2-1-10-4-8-9-6(10)14/h4H,1-3H2,(H,9,14). The third kappa shape index (κ3) is 2.10. The molecular weight excluding hydrogens is 236 g/mol. The van der Waals surface area contributed by atoms with Crippen LogP contribution in [0, 0.1) is 4.77 Å². The van der Waals surface area contributed by atoms with Gasteiger partial charge in [-0.25, -0.2) is 0 Å². The van der Waals surface area contributed by atoms with E-state index in [1.54, 1.807) is 10.9 Å². The van der Waals surface area contributed by atoms with Gasteiger partial charge in [-0.2, -0.15) is 5.10 Å². The number of H-pyrrole nitrogens is 1. The number of imide groups is 1. The smallest absolute Gasteiger partial charge is 0.288 e. The first kappa shape index (κ1) is 10.4. The summed E-state index contributed by atoms with van der Waals surface area (Å²) in [6.45, 7) is 0.825. The van der Waals surface area contributed by atoms with Crippen molar-refractivity contribution < 1.29 is 9.59 Å². The van der Waals surface area contributed by atoms with Gasteiger partial charge in [0.2, 0.25) is 5.91 Å². The third-order valence-electron chi connectivity index (χ3n) is 2.02. The summed E-state index contributed by atoms with van der Waals surface area (Å²) in [5.74, 6) is 0.107. The molecule has 1 fully saturated rings. The number of carbonyl (C=O) groups excluding carboxylic acids is 2. The number of nitrogens with zero attached hydrogens (tertiary/aromatic N) is 3. The molecule has 1 N–H and O–H groups in total. The zero-order chi connectivity index (χ0) is 10.8. The molecule has 2 heterocycles. The van der Waals surface area contributed by atoms with Gasteiger partial charge in [0, 0.05) is 13.1 Å². The van der Waals surface area contributed by atoms with Crippen LogP contribution in [0.2, 0.25) is 0 Å². The molecule has 1 aliphatic rings. The van der Waals surface area contributed by atoms with Crippen LogP contribution in [0.1, 0.15) is 0 Å². The van der Waals surface area contributed by atoms with E-state index in [-0.39, 0.29) is 16.9 Å². The zero-order valence-electron chi connectivity index (χ0n) is 7.67. The average molecular weight is 244 g/mol. The predicted octanol–water partition coefficient (Wildman–Crippen LogP) is 0.636. The molecule has 80 valence electrons. The van der Waals surface area contributed by atoms with E-state index in [0.717, 1.165) is 11.8 Å². The lowest BCUT2D eigenvalue weighted by molar-refractivity contribution is -0.124. The Balaban J connectivity index is 1.99. The molecule has 0 bridgehead atoms. The number of rotatable bonds is 3. The Hall–Kier alpha value is -1.15. The molecule has 2 amide bonds. The van der Waals surface area contributed by atoms with Crippen LogP contribution in [0.3, 0.4) is 0 Å². The molecule has 0 aromatic carbocycles. The van der Waals surface area contributed by atoms with Crippen molar-refractivity contribution in [2.45, 2.75) is 6.54 Å². The number of thioether (sulfide) groups is 1. The highest BCUT2D eigenvalue weighted by Crippen LogP contribution is 2.18. The second kappa shape index (κ2) is 4.15. The summed E-state index contributed by atoms with van der Waals surface area (Å²) in [6, 6.07) is 0. The minimum Gasteiger partial charge on any atom is -0.305 e. The summed E-state index contributed by atoms with van der Waals surface area (Å²) in [5.41, 5.74) is 0. The number of nitrogens with one attached hydrogen (secondary N) is 1. The largest absolute Gasteiger partial charge is 0.305 e. The Bertz CT molecular complexity index is 436. The molecule has 0 aliphatic carbocycles. The summed E-state index contributed by atoms with van der Waals surface area (Å²) in [5, 5.41) is 6.16.